The van der Waals surface area contributed by atoms with Crippen molar-refractivity contribution in [1.82, 2.24) is 4.90 Å². The number of nitrogens with two attached hydrogens (primary N) is 1. The number of quaternary nitrogens is 1. The molecule has 1 aliphatic rings. The van der Waals surface area contributed by atoms with Gasteiger partial charge in [0.15, 0.2) is 6.61 Å². The molecule has 0 unspecified atom stereocenters. The molecule has 2 amide bonds. The van der Waals surface area contributed by atoms with E-state index in [0.717, 1.165) is 6.54 Å². The third-order valence-corrected chi connectivity index (χ3v) is 3.55. The van der Waals surface area contributed by atoms with Gasteiger partial charge in [0.1, 0.15) is 11.5 Å². The van der Waals surface area contributed by atoms with Crippen LogP contribution in [0.3, 0.4) is 0 Å². The lowest BCUT2D eigenvalue weighted by Crippen LogP contribution is -3.00. The highest BCUT2D eigenvalue weighted by Gasteiger charge is 2.27. The standard InChI is InChI=1S/C17H25N3O4.BrH/c1-17(2,3)18-8-9-20-13-7-6-12(24-16(22)19(4)5)10-14(13)23-11-15(20)21;/h6-7,10,18H,8-9,11H2,1-5H3;1H. The average Bonchev–Trinajstić information content (AvgIpc) is 2.48. The van der Waals surface area contributed by atoms with Gasteiger partial charge < -0.3 is 41.6 Å². The maximum absolute atomic E-state index is 12.2. The number of carbonyl (C=O) groups is 2. The summed E-state index contributed by atoms with van der Waals surface area (Å²) in [6.45, 7) is 7.79. The van der Waals surface area contributed by atoms with E-state index in [-0.39, 0.29) is 35.0 Å². The van der Waals surface area contributed by atoms with Crippen LogP contribution in [0.1, 0.15) is 20.8 Å². The van der Waals surface area contributed by atoms with Crippen LogP contribution in [0.25, 0.3) is 0 Å². The highest BCUT2D eigenvalue weighted by molar-refractivity contribution is 5.98. The minimum Gasteiger partial charge on any atom is -1.00 e. The minimum absolute atomic E-state index is 0. The summed E-state index contributed by atoms with van der Waals surface area (Å²) in [5.74, 6) is 0.875. The van der Waals surface area contributed by atoms with Crippen molar-refractivity contribution in [3.05, 3.63) is 18.2 Å². The van der Waals surface area contributed by atoms with Gasteiger partial charge in [-0.2, -0.15) is 0 Å². The normalized spacial score (nSPS) is 13.5. The molecule has 1 aliphatic heterocycles. The predicted molar refractivity (Wildman–Crippen MR) is 90.5 cm³/mol. The van der Waals surface area contributed by atoms with E-state index >= 15 is 0 Å². The number of hydrogen-bond acceptors (Lipinski definition) is 4. The topological polar surface area (TPSA) is 75.7 Å². The van der Waals surface area contributed by atoms with Crippen LogP contribution in [-0.2, 0) is 4.79 Å². The third kappa shape index (κ3) is 5.89. The van der Waals surface area contributed by atoms with Crippen LogP contribution in [0, 0.1) is 0 Å². The number of rotatable bonds is 4. The van der Waals surface area contributed by atoms with E-state index in [1.807, 2.05) is 0 Å². The second-order valence-electron chi connectivity index (χ2n) is 7.08. The van der Waals surface area contributed by atoms with Gasteiger partial charge in [0.25, 0.3) is 5.91 Å². The lowest BCUT2D eigenvalue weighted by atomic mass is 10.1. The Labute approximate surface area is 159 Å². The van der Waals surface area contributed by atoms with Gasteiger partial charge >= 0.3 is 6.09 Å². The van der Waals surface area contributed by atoms with Crippen LogP contribution in [0.15, 0.2) is 18.2 Å². The van der Waals surface area contributed by atoms with Crippen molar-refractivity contribution < 1.29 is 41.4 Å². The fourth-order valence-electron chi connectivity index (χ4n) is 2.31. The number of halogens is 1. The zero-order valence-corrected chi connectivity index (χ0v) is 16.9. The Balaban J connectivity index is 0.00000312. The quantitative estimate of drug-likeness (QED) is 0.607. The summed E-state index contributed by atoms with van der Waals surface area (Å²) in [5, 5.41) is 2.20. The fraction of sp³-hybridized carbons (Fsp3) is 0.529. The van der Waals surface area contributed by atoms with E-state index in [2.05, 4.69) is 26.1 Å². The Hall–Kier alpha value is -1.80. The SMILES string of the molecule is CN(C)C(=O)Oc1ccc2c(c1)OCC(=O)N2CC[NH2+]C(C)(C)C.[Br-]. The van der Waals surface area contributed by atoms with Crippen LogP contribution in [-0.4, -0.2) is 56.2 Å². The molecule has 0 saturated heterocycles. The highest BCUT2D eigenvalue weighted by atomic mass is 79.9. The zero-order valence-electron chi connectivity index (χ0n) is 15.3. The zero-order chi connectivity index (χ0) is 17.9. The second kappa shape index (κ2) is 8.53. The number of hydrogen-bond donors (Lipinski definition) is 1. The largest absolute Gasteiger partial charge is 1.00 e. The number of carbonyl (C=O) groups excluding carboxylic acids is 2. The number of anilines is 1. The summed E-state index contributed by atoms with van der Waals surface area (Å²) in [6, 6.07) is 5.06. The molecule has 0 aromatic heterocycles. The van der Waals surface area contributed by atoms with Gasteiger partial charge in [-0.05, 0) is 32.9 Å². The first kappa shape index (κ1) is 21.2. The van der Waals surface area contributed by atoms with Gasteiger partial charge in [-0.3, -0.25) is 4.79 Å². The van der Waals surface area contributed by atoms with E-state index < -0.39 is 6.09 Å². The van der Waals surface area contributed by atoms with Crippen LogP contribution in [0.4, 0.5) is 10.5 Å². The van der Waals surface area contributed by atoms with Gasteiger partial charge in [-0.25, -0.2) is 4.79 Å². The summed E-state index contributed by atoms with van der Waals surface area (Å²) in [7, 11) is 3.23. The predicted octanol–water partition coefficient (Wildman–Crippen LogP) is -2.16. The molecule has 7 nitrogen and oxygen atoms in total. The van der Waals surface area contributed by atoms with Crippen LogP contribution in [0.5, 0.6) is 11.5 Å². The van der Waals surface area contributed by atoms with Crippen molar-refractivity contribution in [3.8, 4) is 11.5 Å². The first-order valence-electron chi connectivity index (χ1n) is 7.98. The molecule has 140 valence electrons. The maximum Gasteiger partial charge on any atom is 0.414 e. The lowest BCUT2D eigenvalue weighted by Gasteiger charge is -2.30. The highest BCUT2D eigenvalue weighted by Crippen LogP contribution is 2.35. The van der Waals surface area contributed by atoms with Gasteiger partial charge in [-0.1, -0.05) is 0 Å². The van der Waals surface area contributed by atoms with Crippen molar-refractivity contribution in [2.24, 2.45) is 0 Å². The molecule has 25 heavy (non-hydrogen) atoms. The molecule has 0 saturated carbocycles. The summed E-state index contributed by atoms with van der Waals surface area (Å²) in [5.41, 5.74) is 0.820. The Morgan fingerprint density at radius 3 is 2.64 bits per heavy atom. The summed E-state index contributed by atoms with van der Waals surface area (Å²) in [6.07, 6.45) is -0.460. The minimum atomic E-state index is -0.460. The molecule has 0 fully saturated rings. The molecule has 0 aliphatic carbocycles. The van der Waals surface area contributed by atoms with E-state index in [9.17, 15) is 9.59 Å². The molecule has 0 radical (unpaired) electrons. The Bertz CT molecular complexity index is 629. The number of nitrogens with zero attached hydrogens (tertiary/aromatic N) is 2. The summed E-state index contributed by atoms with van der Waals surface area (Å²) >= 11 is 0. The van der Waals surface area contributed by atoms with Gasteiger partial charge in [0.2, 0.25) is 0 Å². The number of ether oxygens (including phenoxy) is 2. The second-order valence-corrected chi connectivity index (χ2v) is 7.08. The Morgan fingerprint density at radius 1 is 1.36 bits per heavy atom. The lowest BCUT2D eigenvalue weighted by molar-refractivity contribution is -0.714. The molecule has 0 spiro atoms. The molecule has 8 heteroatoms. The van der Waals surface area contributed by atoms with E-state index in [4.69, 9.17) is 9.47 Å². The van der Waals surface area contributed by atoms with E-state index in [1.54, 1.807) is 37.2 Å². The summed E-state index contributed by atoms with van der Waals surface area (Å²) in [4.78, 5) is 26.9. The van der Waals surface area contributed by atoms with Gasteiger partial charge in [0.05, 0.1) is 24.3 Å². The van der Waals surface area contributed by atoms with Crippen molar-refractivity contribution >= 4 is 17.7 Å². The number of benzene rings is 1. The molecule has 2 rings (SSSR count). The molecule has 1 aromatic rings. The summed E-state index contributed by atoms with van der Waals surface area (Å²) < 4.78 is 10.7. The number of fused-ring (bicyclic) bond motifs is 1. The molecule has 1 heterocycles. The first-order valence-corrected chi connectivity index (χ1v) is 7.98. The fourth-order valence-corrected chi connectivity index (χ4v) is 2.31. The molecule has 0 bridgehead atoms. The van der Waals surface area contributed by atoms with Crippen molar-refractivity contribution in [3.63, 3.8) is 0 Å². The van der Waals surface area contributed by atoms with Crippen molar-refractivity contribution in [2.45, 2.75) is 26.3 Å². The molecule has 1 aromatic carbocycles. The molecular formula is C17H26BrN3O4. The monoisotopic (exact) mass is 415 g/mol. The first-order chi connectivity index (χ1) is 11.2. The van der Waals surface area contributed by atoms with E-state index in [0.29, 0.717) is 23.7 Å². The van der Waals surface area contributed by atoms with Crippen molar-refractivity contribution in [1.29, 1.82) is 0 Å². The Morgan fingerprint density at radius 2 is 2.04 bits per heavy atom. The smallest absolute Gasteiger partial charge is 0.414 e. The van der Waals surface area contributed by atoms with Crippen LogP contribution >= 0.6 is 0 Å². The molecular weight excluding hydrogens is 390 g/mol. The number of amides is 2. The maximum atomic E-state index is 12.2. The van der Waals surface area contributed by atoms with Gasteiger partial charge in [0, 0.05) is 20.2 Å². The van der Waals surface area contributed by atoms with E-state index in [1.165, 1.54) is 4.90 Å². The van der Waals surface area contributed by atoms with Gasteiger partial charge in [-0.15, -0.1) is 0 Å². The molecule has 0 atom stereocenters. The Kier molecular flexibility index (Phi) is 7.25. The third-order valence-electron chi connectivity index (χ3n) is 3.55. The molecule has 2 N–H and O–H groups in total. The van der Waals surface area contributed by atoms with Crippen LogP contribution in [0.2, 0.25) is 0 Å². The van der Waals surface area contributed by atoms with Crippen molar-refractivity contribution in [2.75, 3.05) is 38.7 Å². The van der Waals surface area contributed by atoms with Crippen LogP contribution < -0.4 is 36.7 Å². The average molecular weight is 416 g/mol.